The van der Waals surface area contributed by atoms with Crippen LogP contribution < -0.4 is 0 Å². The summed E-state index contributed by atoms with van der Waals surface area (Å²) < 4.78 is 0. The third-order valence-corrected chi connectivity index (χ3v) is 1.51. The molecule has 0 saturated heterocycles. The lowest BCUT2D eigenvalue weighted by Crippen LogP contribution is -1.85. The molecule has 0 aliphatic rings. The fraction of sp³-hybridized carbons (Fsp3) is 0. The summed E-state index contributed by atoms with van der Waals surface area (Å²) in [6, 6.07) is 1.53. The lowest BCUT2D eigenvalue weighted by molar-refractivity contribution is 0.112. The van der Waals surface area contributed by atoms with Gasteiger partial charge in [0.25, 0.3) is 0 Å². The summed E-state index contributed by atoms with van der Waals surface area (Å²) in [7, 11) is 0. The third-order valence-electron chi connectivity index (χ3n) is 1.18. The predicted molar refractivity (Wildman–Crippen MR) is 43.8 cm³/mol. The molecule has 4 heteroatoms. The molecule has 0 aromatic carbocycles. The minimum atomic E-state index is 0.271. The van der Waals surface area contributed by atoms with E-state index in [1.165, 1.54) is 12.3 Å². The van der Waals surface area contributed by atoms with E-state index in [4.69, 9.17) is 11.6 Å². The maximum absolute atomic E-state index is 10.4. The van der Waals surface area contributed by atoms with Gasteiger partial charge >= 0.3 is 0 Å². The number of aromatic nitrogens is 1. The van der Waals surface area contributed by atoms with Gasteiger partial charge in [-0.1, -0.05) is 11.6 Å². The zero-order valence-electron chi connectivity index (χ0n) is 5.62. The standard InChI is InChI=1S/C7H5ClN2O/c1-9-7-5(4-11)6(8)2-3-10-7/h2-4H,1H2. The summed E-state index contributed by atoms with van der Waals surface area (Å²) in [5.74, 6) is 0.271. The second kappa shape index (κ2) is 3.25. The number of aliphatic imine (C=N–C) groups is 1. The fourth-order valence-electron chi connectivity index (χ4n) is 0.674. The monoisotopic (exact) mass is 168 g/mol. The molecule has 1 aromatic heterocycles. The van der Waals surface area contributed by atoms with Crippen molar-refractivity contribution >= 4 is 30.4 Å². The van der Waals surface area contributed by atoms with Gasteiger partial charge in [0.1, 0.15) is 0 Å². The Hall–Kier alpha value is -1.22. The van der Waals surface area contributed by atoms with Crippen LogP contribution >= 0.6 is 11.6 Å². The number of hydrogen-bond donors (Lipinski definition) is 0. The molecule has 0 aliphatic heterocycles. The van der Waals surface area contributed by atoms with Gasteiger partial charge in [-0.25, -0.2) is 9.98 Å². The predicted octanol–water partition coefficient (Wildman–Crippen LogP) is 1.88. The number of aldehydes is 1. The Morgan fingerprint density at radius 2 is 2.45 bits per heavy atom. The molecule has 1 heterocycles. The Kier molecular flexibility index (Phi) is 2.33. The van der Waals surface area contributed by atoms with Crippen LogP contribution in [0.4, 0.5) is 5.82 Å². The highest BCUT2D eigenvalue weighted by molar-refractivity contribution is 6.33. The summed E-state index contributed by atoms with van der Waals surface area (Å²) in [6.45, 7) is 3.25. The second-order valence-corrected chi connectivity index (χ2v) is 2.21. The molecule has 0 fully saturated rings. The van der Waals surface area contributed by atoms with Crippen molar-refractivity contribution in [3.05, 3.63) is 22.8 Å². The van der Waals surface area contributed by atoms with Crippen molar-refractivity contribution in [2.45, 2.75) is 0 Å². The first-order chi connectivity index (χ1) is 5.29. The summed E-state index contributed by atoms with van der Waals surface area (Å²) in [6.07, 6.45) is 2.08. The van der Waals surface area contributed by atoms with Crippen molar-refractivity contribution in [3.63, 3.8) is 0 Å². The van der Waals surface area contributed by atoms with E-state index in [2.05, 4.69) is 16.7 Å². The molecule has 0 bridgehead atoms. The summed E-state index contributed by atoms with van der Waals surface area (Å²) in [4.78, 5) is 17.7. The van der Waals surface area contributed by atoms with Gasteiger partial charge in [-0.2, -0.15) is 0 Å². The van der Waals surface area contributed by atoms with Crippen LogP contribution in [-0.2, 0) is 0 Å². The molecule has 0 atom stereocenters. The van der Waals surface area contributed by atoms with Gasteiger partial charge in [0.05, 0.1) is 10.6 Å². The quantitative estimate of drug-likeness (QED) is 0.500. The number of rotatable bonds is 2. The van der Waals surface area contributed by atoms with Crippen LogP contribution in [-0.4, -0.2) is 18.0 Å². The molecule has 0 radical (unpaired) electrons. The molecule has 0 amide bonds. The van der Waals surface area contributed by atoms with Crippen LogP contribution in [0.5, 0.6) is 0 Å². The number of halogens is 1. The largest absolute Gasteiger partial charge is 0.298 e. The Morgan fingerprint density at radius 3 is 2.91 bits per heavy atom. The molecule has 0 aliphatic carbocycles. The van der Waals surface area contributed by atoms with E-state index < -0.39 is 0 Å². The van der Waals surface area contributed by atoms with E-state index in [0.29, 0.717) is 11.3 Å². The first-order valence-corrected chi connectivity index (χ1v) is 3.23. The maximum atomic E-state index is 10.4. The summed E-state index contributed by atoms with van der Waals surface area (Å²) >= 11 is 5.65. The summed E-state index contributed by atoms with van der Waals surface area (Å²) in [5.41, 5.74) is 0.282. The Morgan fingerprint density at radius 1 is 1.73 bits per heavy atom. The van der Waals surface area contributed by atoms with E-state index in [1.807, 2.05) is 0 Å². The van der Waals surface area contributed by atoms with Crippen LogP contribution in [0.15, 0.2) is 17.3 Å². The highest BCUT2D eigenvalue weighted by atomic mass is 35.5. The smallest absolute Gasteiger partial charge is 0.163 e. The lowest BCUT2D eigenvalue weighted by Gasteiger charge is -1.96. The lowest BCUT2D eigenvalue weighted by atomic mass is 10.3. The molecule has 0 spiro atoms. The zero-order chi connectivity index (χ0) is 8.27. The van der Waals surface area contributed by atoms with Gasteiger partial charge in [0, 0.05) is 6.20 Å². The fourth-order valence-corrected chi connectivity index (χ4v) is 0.860. The Bertz CT molecular complexity index is 298. The van der Waals surface area contributed by atoms with Gasteiger partial charge in [0.15, 0.2) is 12.1 Å². The maximum Gasteiger partial charge on any atom is 0.163 e. The van der Waals surface area contributed by atoms with Gasteiger partial charge in [-0.3, -0.25) is 4.79 Å². The molecule has 3 nitrogen and oxygen atoms in total. The van der Waals surface area contributed by atoms with Crippen LogP contribution in [0.3, 0.4) is 0 Å². The molecule has 1 rings (SSSR count). The first kappa shape index (κ1) is 7.88. The Labute approximate surface area is 68.7 Å². The van der Waals surface area contributed by atoms with Gasteiger partial charge in [0.2, 0.25) is 0 Å². The molecular formula is C7H5ClN2O. The van der Waals surface area contributed by atoms with Crippen molar-refractivity contribution in [2.75, 3.05) is 0 Å². The van der Waals surface area contributed by atoms with Crippen molar-refractivity contribution < 1.29 is 4.79 Å². The van der Waals surface area contributed by atoms with E-state index >= 15 is 0 Å². The van der Waals surface area contributed by atoms with Crippen molar-refractivity contribution in [1.82, 2.24) is 4.98 Å². The SMILES string of the molecule is C=Nc1nccc(Cl)c1C=O. The number of nitrogens with zero attached hydrogens (tertiary/aromatic N) is 2. The van der Waals surface area contributed by atoms with Gasteiger partial charge < -0.3 is 0 Å². The first-order valence-electron chi connectivity index (χ1n) is 2.86. The number of carbonyl (C=O) groups is 1. The van der Waals surface area contributed by atoms with Crippen LogP contribution in [0.1, 0.15) is 10.4 Å². The van der Waals surface area contributed by atoms with E-state index in [1.54, 1.807) is 0 Å². The Balaban J connectivity index is 3.35. The summed E-state index contributed by atoms with van der Waals surface area (Å²) in [5, 5.41) is 0.345. The molecule has 0 unspecified atom stereocenters. The van der Waals surface area contributed by atoms with Gasteiger partial charge in [-0.15, -0.1) is 0 Å². The van der Waals surface area contributed by atoms with Crippen molar-refractivity contribution in [2.24, 2.45) is 4.99 Å². The normalized spacial score (nSPS) is 9.18. The molecule has 11 heavy (non-hydrogen) atoms. The minimum absolute atomic E-state index is 0.271. The third kappa shape index (κ3) is 1.43. The average Bonchev–Trinajstić information content (AvgIpc) is 2.04. The molecule has 1 aromatic rings. The molecule has 0 N–H and O–H groups in total. The highest BCUT2D eigenvalue weighted by Crippen LogP contribution is 2.21. The second-order valence-electron chi connectivity index (χ2n) is 1.81. The minimum Gasteiger partial charge on any atom is -0.298 e. The zero-order valence-corrected chi connectivity index (χ0v) is 6.38. The number of pyridine rings is 1. The van der Waals surface area contributed by atoms with Crippen molar-refractivity contribution in [1.29, 1.82) is 0 Å². The molecular weight excluding hydrogens is 164 g/mol. The molecule has 56 valence electrons. The van der Waals surface area contributed by atoms with E-state index in [-0.39, 0.29) is 11.4 Å². The van der Waals surface area contributed by atoms with E-state index in [0.717, 1.165) is 0 Å². The molecule has 0 saturated carbocycles. The number of carbonyl (C=O) groups excluding carboxylic acids is 1. The highest BCUT2D eigenvalue weighted by Gasteiger charge is 2.04. The van der Waals surface area contributed by atoms with E-state index in [9.17, 15) is 4.79 Å². The van der Waals surface area contributed by atoms with Crippen LogP contribution in [0, 0.1) is 0 Å². The van der Waals surface area contributed by atoms with Crippen LogP contribution in [0.25, 0.3) is 0 Å². The average molecular weight is 169 g/mol. The van der Waals surface area contributed by atoms with Crippen LogP contribution in [0.2, 0.25) is 5.02 Å². The van der Waals surface area contributed by atoms with Crippen molar-refractivity contribution in [3.8, 4) is 0 Å². The number of hydrogen-bond acceptors (Lipinski definition) is 3. The topological polar surface area (TPSA) is 42.3 Å². The van der Waals surface area contributed by atoms with Gasteiger partial charge in [-0.05, 0) is 12.8 Å².